The summed E-state index contributed by atoms with van der Waals surface area (Å²) in [7, 11) is 0. The normalized spacial score (nSPS) is 10.7. The molecular weight excluding hydrogens is 424 g/mol. The van der Waals surface area contributed by atoms with E-state index < -0.39 is 5.91 Å². The van der Waals surface area contributed by atoms with Crippen LogP contribution in [0.3, 0.4) is 0 Å². The number of hydrogen-bond acceptors (Lipinski definition) is 7. The Hall–Kier alpha value is -4.47. The maximum Gasteiger partial charge on any atom is 0.269 e. The number of nitrogens with two attached hydrogens (primary N) is 1. The second-order valence-corrected chi connectivity index (χ2v) is 7.07. The molecule has 4 aromatic rings. The van der Waals surface area contributed by atoms with Crippen LogP contribution in [0.4, 0.5) is 5.69 Å². The summed E-state index contributed by atoms with van der Waals surface area (Å²) in [5, 5.41) is 10.9. The van der Waals surface area contributed by atoms with Gasteiger partial charge in [0.1, 0.15) is 11.4 Å². The van der Waals surface area contributed by atoms with Gasteiger partial charge in [0.05, 0.1) is 12.3 Å². The summed E-state index contributed by atoms with van der Waals surface area (Å²) < 4.78 is 12.2. The number of primary amides is 1. The van der Waals surface area contributed by atoms with E-state index in [0.29, 0.717) is 30.4 Å². The monoisotopic (exact) mass is 446 g/mol. The third kappa shape index (κ3) is 5.42. The fourth-order valence-corrected chi connectivity index (χ4v) is 3.08. The van der Waals surface area contributed by atoms with Gasteiger partial charge in [0.15, 0.2) is 0 Å². The summed E-state index contributed by atoms with van der Waals surface area (Å²) in [6.45, 7) is 2.52. The molecule has 2 amide bonds. The molecule has 0 saturated carbocycles. The molecule has 0 bridgehead atoms. The Kier molecular flexibility index (Phi) is 6.44. The number of carbonyl (C=O) groups excluding carboxylic acids is 2. The lowest BCUT2D eigenvalue weighted by molar-refractivity contribution is -0.116. The Morgan fingerprint density at radius 1 is 1.09 bits per heavy atom. The van der Waals surface area contributed by atoms with E-state index in [1.165, 1.54) is 10.7 Å². The molecule has 168 valence electrons. The second-order valence-electron chi connectivity index (χ2n) is 7.07. The molecule has 2 aromatic carbocycles. The molecule has 3 N–H and O–H groups in total. The van der Waals surface area contributed by atoms with Crippen LogP contribution in [-0.2, 0) is 11.2 Å². The van der Waals surface area contributed by atoms with Crippen molar-refractivity contribution in [1.82, 2.24) is 19.9 Å². The van der Waals surface area contributed by atoms with Crippen molar-refractivity contribution in [2.45, 2.75) is 19.8 Å². The van der Waals surface area contributed by atoms with Gasteiger partial charge in [-0.05, 0) is 61.5 Å². The van der Waals surface area contributed by atoms with E-state index in [2.05, 4.69) is 20.6 Å². The molecule has 0 fully saturated rings. The van der Waals surface area contributed by atoms with Crippen LogP contribution in [0.15, 0.2) is 65.3 Å². The lowest BCUT2D eigenvalue weighted by atomic mass is 10.2. The fourth-order valence-electron chi connectivity index (χ4n) is 3.08. The lowest BCUT2D eigenvalue weighted by Gasteiger charge is -2.06. The van der Waals surface area contributed by atoms with Crippen molar-refractivity contribution >= 4 is 17.5 Å². The number of ether oxygens (including phenoxy) is 1. The van der Waals surface area contributed by atoms with Crippen molar-refractivity contribution in [2.24, 2.45) is 5.73 Å². The van der Waals surface area contributed by atoms with E-state index >= 15 is 0 Å². The van der Waals surface area contributed by atoms with Gasteiger partial charge in [0.2, 0.25) is 17.6 Å². The van der Waals surface area contributed by atoms with Crippen LogP contribution in [0, 0.1) is 0 Å². The summed E-state index contributed by atoms with van der Waals surface area (Å²) in [6, 6.07) is 16.0. The molecule has 0 spiro atoms. The summed E-state index contributed by atoms with van der Waals surface area (Å²) in [4.78, 5) is 27.8. The molecule has 0 aliphatic rings. The average molecular weight is 446 g/mol. The van der Waals surface area contributed by atoms with E-state index in [0.717, 1.165) is 17.0 Å². The standard InChI is InChI=1S/C23H22N6O4/c1-2-32-18-9-3-15(4-10-18)23-26-21(33-28-23)12-11-20(30)25-16-5-7-17(8-6-16)29-14-13-19(27-29)22(24)31/h3-10,13-14H,2,11-12H2,1H3,(H2,24,31)(H,25,30). The van der Waals surface area contributed by atoms with Gasteiger partial charge < -0.3 is 20.3 Å². The number of carbonyl (C=O) groups is 2. The molecular formula is C23H22N6O4. The Morgan fingerprint density at radius 3 is 2.52 bits per heavy atom. The Labute approximate surface area is 189 Å². The maximum atomic E-state index is 12.3. The van der Waals surface area contributed by atoms with Gasteiger partial charge in [0, 0.05) is 30.3 Å². The van der Waals surface area contributed by atoms with Gasteiger partial charge in [-0.1, -0.05) is 5.16 Å². The molecule has 4 rings (SSSR count). The van der Waals surface area contributed by atoms with Crippen molar-refractivity contribution in [2.75, 3.05) is 11.9 Å². The quantitative estimate of drug-likeness (QED) is 0.403. The highest BCUT2D eigenvalue weighted by Gasteiger charge is 2.12. The van der Waals surface area contributed by atoms with Gasteiger partial charge in [-0.2, -0.15) is 10.1 Å². The van der Waals surface area contributed by atoms with E-state index in [4.69, 9.17) is 15.0 Å². The van der Waals surface area contributed by atoms with Gasteiger partial charge in [0.25, 0.3) is 5.91 Å². The fraction of sp³-hybridized carbons (Fsp3) is 0.174. The molecule has 10 nitrogen and oxygen atoms in total. The number of hydrogen-bond donors (Lipinski definition) is 2. The first-order chi connectivity index (χ1) is 16.0. The lowest BCUT2D eigenvalue weighted by Crippen LogP contribution is -2.13. The Balaban J connectivity index is 1.30. The smallest absolute Gasteiger partial charge is 0.269 e. The minimum absolute atomic E-state index is 0.180. The van der Waals surface area contributed by atoms with Crippen molar-refractivity contribution in [3.8, 4) is 22.8 Å². The highest BCUT2D eigenvalue weighted by Crippen LogP contribution is 2.20. The summed E-state index contributed by atoms with van der Waals surface area (Å²) >= 11 is 0. The number of aromatic nitrogens is 4. The molecule has 2 heterocycles. The van der Waals surface area contributed by atoms with E-state index in [1.807, 2.05) is 31.2 Å². The molecule has 0 aliphatic carbocycles. The minimum Gasteiger partial charge on any atom is -0.494 e. The van der Waals surface area contributed by atoms with Crippen LogP contribution >= 0.6 is 0 Å². The zero-order valence-electron chi connectivity index (χ0n) is 17.9. The summed E-state index contributed by atoms with van der Waals surface area (Å²) in [6.07, 6.45) is 2.14. The summed E-state index contributed by atoms with van der Waals surface area (Å²) in [5.74, 6) is 0.842. The van der Waals surface area contributed by atoms with Crippen LogP contribution in [-0.4, -0.2) is 38.3 Å². The van der Waals surface area contributed by atoms with Crippen LogP contribution in [0.1, 0.15) is 29.7 Å². The van der Waals surface area contributed by atoms with Crippen LogP contribution in [0.2, 0.25) is 0 Å². The third-order valence-electron chi connectivity index (χ3n) is 4.71. The first-order valence-electron chi connectivity index (χ1n) is 10.3. The van der Waals surface area contributed by atoms with Crippen molar-refractivity contribution in [1.29, 1.82) is 0 Å². The van der Waals surface area contributed by atoms with Crippen LogP contribution in [0.25, 0.3) is 17.1 Å². The predicted octanol–water partition coefficient (Wildman–Crippen LogP) is 2.99. The molecule has 2 aromatic heterocycles. The highest BCUT2D eigenvalue weighted by molar-refractivity contribution is 5.91. The SMILES string of the molecule is CCOc1ccc(-c2noc(CCC(=O)Nc3ccc(-n4ccc(C(N)=O)n4)cc3)n2)cc1. The van der Waals surface area contributed by atoms with E-state index in [9.17, 15) is 9.59 Å². The van der Waals surface area contributed by atoms with Gasteiger partial charge in [-0.25, -0.2) is 4.68 Å². The van der Waals surface area contributed by atoms with Crippen LogP contribution in [0.5, 0.6) is 5.75 Å². The molecule has 0 unspecified atom stereocenters. The first-order valence-corrected chi connectivity index (χ1v) is 10.3. The molecule has 0 saturated heterocycles. The second kappa shape index (κ2) is 9.77. The molecule has 0 atom stereocenters. The maximum absolute atomic E-state index is 12.3. The Morgan fingerprint density at radius 2 is 1.85 bits per heavy atom. The topological polar surface area (TPSA) is 138 Å². The number of benzene rings is 2. The van der Waals surface area contributed by atoms with Crippen molar-refractivity contribution < 1.29 is 18.8 Å². The van der Waals surface area contributed by atoms with Gasteiger partial charge >= 0.3 is 0 Å². The first kappa shape index (κ1) is 21.8. The molecule has 0 radical (unpaired) electrons. The number of amides is 2. The highest BCUT2D eigenvalue weighted by atomic mass is 16.5. The predicted molar refractivity (Wildman–Crippen MR) is 120 cm³/mol. The zero-order chi connectivity index (χ0) is 23.2. The van der Waals surface area contributed by atoms with E-state index in [1.54, 1.807) is 30.5 Å². The minimum atomic E-state index is -0.592. The number of nitrogens with zero attached hydrogens (tertiary/aromatic N) is 4. The number of anilines is 1. The molecule has 0 aliphatic heterocycles. The largest absolute Gasteiger partial charge is 0.494 e. The van der Waals surface area contributed by atoms with E-state index in [-0.39, 0.29) is 18.0 Å². The Bertz CT molecular complexity index is 1240. The average Bonchev–Trinajstić information content (AvgIpc) is 3.49. The van der Waals surface area contributed by atoms with Crippen molar-refractivity contribution in [3.05, 3.63) is 72.4 Å². The third-order valence-corrected chi connectivity index (χ3v) is 4.71. The zero-order valence-corrected chi connectivity index (χ0v) is 17.9. The molecule has 33 heavy (non-hydrogen) atoms. The van der Waals surface area contributed by atoms with Gasteiger partial charge in [-0.15, -0.1) is 0 Å². The van der Waals surface area contributed by atoms with Crippen molar-refractivity contribution in [3.63, 3.8) is 0 Å². The number of aryl methyl sites for hydroxylation is 1. The van der Waals surface area contributed by atoms with Gasteiger partial charge in [-0.3, -0.25) is 9.59 Å². The number of nitrogens with one attached hydrogen (secondary N) is 1. The summed E-state index contributed by atoms with van der Waals surface area (Å²) in [5.41, 5.74) is 7.56. The molecule has 10 heteroatoms. The number of rotatable bonds is 9. The van der Waals surface area contributed by atoms with Crippen LogP contribution < -0.4 is 15.8 Å².